The van der Waals surface area contributed by atoms with E-state index < -0.39 is 0 Å². The lowest BCUT2D eigenvalue weighted by molar-refractivity contribution is -0.138. The number of amides is 1. The van der Waals surface area contributed by atoms with E-state index >= 15 is 0 Å². The van der Waals surface area contributed by atoms with Crippen LogP contribution in [0.3, 0.4) is 0 Å². The van der Waals surface area contributed by atoms with E-state index in [1.165, 1.54) is 0 Å². The average molecular weight is 329 g/mol. The molecule has 1 atom stereocenters. The van der Waals surface area contributed by atoms with Gasteiger partial charge in [-0.05, 0) is 41.8 Å². The first-order valence-electron chi connectivity index (χ1n) is 7.80. The molecule has 24 heavy (non-hydrogen) atoms. The van der Waals surface area contributed by atoms with Crippen molar-refractivity contribution in [1.82, 2.24) is 5.48 Å². The Balaban J connectivity index is 1.76. The second-order valence-corrected chi connectivity index (χ2v) is 5.56. The van der Waals surface area contributed by atoms with E-state index in [-0.39, 0.29) is 11.8 Å². The van der Waals surface area contributed by atoms with Crippen LogP contribution in [0.5, 0.6) is 11.5 Å². The van der Waals surface area contributed by atoms with Crippen LogP contribution in [-0.4, -0.2) is 20.1 Å². The van der Waals surface area contributed by atoms with Gasteiger partial charge in [0.15, 0.2) is 0 Å². The van der Waals surface area contributed by atoms with E-state index in [1.54, 1.807) is 14.2 Å². The Bertz CT molecular complexity index is 637. The summed E-state index contributed by atoms with van der Waals surface area (Å²) in [6.07, 6.45) is 0.641. The summed E-state index contributed by atoms with van der Waals surface area (Å²) in [5, 5.41) is 0. The van der Waals surface area contributed by atoms with Gasteiger partial charge in [-0.15, -0.1) is 0 Å². The Hall–Kier alpha value is -2.53. The van der Waals surface area contributed by atoms with Gasteiger partial charge in [0, 0.05) is 5.92 Å². The van der Waals surface area contributed by atoms with Gasteiger partial charge in [-0.1, -0.05) is 31.2 Å². The first-order valence-corrected chi connectivity index (χ1v) is 7.80. The fraction of sp³-hybridized carbons (Fsp3) is 0.316. The zero-order chi connectivity index (χ0) is 17.4. The number of methoxy groups -OCH3 is 2. The Morgan fingerprint density at radius 3 is 1.92 bits per heavy atom. The van der Waals surface area contributed by atoms with Crippen LogP contribution in [0, 0.1) is 5.92 Å². The topological polar surface area (TPSA) is 56.8 Å². The monoisotopic (exact) mass is 329 g/mol. The molecule has 0 heterocycles. The molecule has 2 aromatic carbocycles. The van der Waals surface area contributed by atoms with Crippen LogP contribution >= 0.6 is 0 Å². The van der Waals surface area contributed by atoms with Crippen molar-refractivity contribution in [3.8, 4) is 11.5 Å². The molecule has 0 spiro atoms. The number of carbonyl (C=O) groups is 1. The van der Waals surface area contributed by atoms with Crippen molar-refractivity contribution in [3.63, 3.8) is 0 Å². The van der Waals surface area contributed by atoms with Crippen molar-refractivity contribution < 1.29 is 19.1 Å². The van der Waals surface area contributed by atoms with E-state index in [9.17, 15) is 4.79 Å². The third kappa shape index (κ3) is 5.28. The number of hydroxylamine groups is 1. The number of rotatable bonds is 8. The minimum absolute atomic E-state index is 0.140. The van der Waals surface area contributed by atoms with Crippen LogP contribution in [-0.2, 0) is 22.7 Å². The lowest BCUT2D eigenvalue weighted by atomic mass is 10.0. The van der Waals surface area contributed by atoms with Crippen LogP contribution in [0.15, 0.2) is 48.5 Å². The van der Waals surface area contributed by atoms with Crippen LogP contribution < -0.4 is 15.0 Å². The van der Waals surface area contributed by atoms with Gasteiger partial charge in [0.05, 0.1) is 20.8 Å². The van der Waals surface area contributed by atoms with Crippen LogP contribution in [0.4, 0.5) is 0 Å². The molecule has 5 heteroatoms. The normalized spacial score (nSPS) is 11.6. The van der Waals surface area contributed by atoms with Gasteiger partial charge in [-0.2, -0.15) is 0 Å². The summed E-state index contributed by atoms with van der Waals surface area (Å²) in [4.78, 5) is 17.4. The van der Waals surface area contributed by atoms with Crippen LogP contribution in [0.2, 0.25) is 0 Å². The van der Waals surface area contributed by atoms with Crippen LogP contribution in [0.1, 0.15) is 18.1 Å². The van der Waals surface area contributed by atoms with E-state index in [0.717, 1.165) is 22.6 Å². The van der Waals surface area contributed by atoms with Crippen molar-refractivity contribution in [2.75, 3.05) is 14.2 Å². The van der Waals surface area contributed by atoms with Gasteiger partial charge < -0.3 is 9.47 Å². The van der Waals surface area contributed by atoms with E-state index in [0.29, 0.717) is 13.0 Å². The number of hydrogen-bond acceptors (Lipinski definition) is 4. The molecule has 1 N–H and O–H groups in total. The summed E-state index contributed by atoms with van der Waals surface area (Å²) < 4.78 is 10.2. The quantitative estimate of drug-likeness (QED) is 0.756. The highest BCUT2D eigenvalue weighted by Gasteiger charge is 2.13. The SMILES string of the molecule is COc1ccc(CONC(=O)C(C)Cc2ccc(OC)cc2)cc1. The molecule has 128 valence electrons. The fourth-order valence-electron chi connectivity index (χ4n) is 2.22. The molecule has 0 aliphatic rings. The zero-order valence-electron chi connectivity index (χ0n) is 14.2. The highest BCUT2D eigenvalue weighted by molar-refractivity contribution is 5.77. The molecule has 1 amide bonds. The number of nitrogens with one attached hydrogen (secondary N) is 1. The van der Waals surface area contributed by atoms with E-state index in [4.69, 9.17) is 14.3 Å². The van der Waals surface area contributed by atoms with Gasteiger partial charge in [0.25, 0.3) is 0 Å². The molecule has 2 aromatic rings. The second kappa shape index (κ2) is 8.93. The second-order valence-electron chi connectivity index (χ2n) is 5.56. The molecule has 0 aromatic heterocycles. The van der Waals surface area contributed by atoms with E-state index in [2.05, 4.69) is 5.48 Å². The molecule has 0 saturated heterocycles. The van der Waals surface area contributed by atoms with Crippen molar-refractivity contribution >= 4 is 5.91 Å². The van der Waals surface area contributed by atoms with Crippen molar-refractivity contribution in [2.24, 2.45) is 5.92 Å². The lowest BCUT2D eigenvalue weighted by Crippen LogP contribution is -2.30. The van der Waals surface area contributed by atoms with Gasteiger partial charge in [-0.3, -0.25) is 9.63 Å². The highest BCUT2D eigenvalue weighted by atomic mass is 16.6. The largest absolute Gasteiger partial charge is 0.497 e. The molecule has 0 saturated carbocycles. The first kappa shape index (κ1) is 17.8. The Morgan fingerprint density at radius 1 is 0.917 bits per heavy atom. The maximum absolute atomic E-state index is 12.1. The minimum atomic E-state index is -0.186. The average Bonchev–Trinajstić information content (AvgIpc) is 2.62. The first-order chi connectivity index (χ1) is 11.6. The fourth-order valence-corrected chi connectivity index (χ4v) is 2.22. The van der Waals surface area contributed by atoms with Crippen LogP contribution in [0.25, 0.3) is 0 Å². The summed E-state index contributed by atoms with van der Waals surface area (Å²) in [6.45, 7) is 2.18. The maximum Gasteiger partial charge on any atom is 0.246 e. The lowest BCUT2D eigenvalue weighted by Gasteiger charge is -2.12. The summed E-state index contributed by atoms with van der Waals surface area (Å²) >= 11 is 0. The molecular weight excluding hydrogens is 306 g/mol. The molecule has 0 aliphatic heterocycles. The molecule has 0 radical (unpaired) electrons. The molecule has 0 bridgehead atoms. The minimum Gasteiger partial charge on any atom is -0.497 e. The Morgan fingerprint density at radius 2 is 1.42 bits per heavy atom. The molecular formula is C19H23NO4. The standard InChI is InChI=1S/C19H23NO4/c1-14(12-15-4-8-17(22-2)9-5-15)19(21)20-24-13-16-6-10-18(23-3)11-7-16/h4-11,14H,12-13H2,1-3H3,(H,20,21). The smallest absolute Gasteiger partial charge is 0.246 e. The summed E-state index contributed by atoms with van der Waals surface area (Å²) in [6, 6.07) is 15.2. The maximum atomic E-state index is 12.1. The predicted octanol–water partition coefficient (Wildman–Crippen LogP) is 3.13. The molecule has 0 fully saturated rings. The van der Waals surface area contributed by atoms with Gasteiger partial charge in [0.2, 0.25) is 5.91 Å². The third-order valence-electron chi connectivity index (χ3n) is 3.72. The zero-order valence-corrected chi connectivity index (χ0v) is 14.2. The Labute approximate surface area is 142 Å². The number of ether oxygens (including phenoxy) is 2. The molecule has 2 rings (SSSR count). The summed E-state index contributed by atoms with van der Waals surface area (Å²) in [7, 11) is 3.25. The predicted molar refractivity (Wildman–Crippen MR) is 91.8 cm³/mol. The van der Waals surface area contributed by atoms with Crippen molar-refractivity contribution in [1.29, 1.82) is 0 Å². The highest BCUT2D eigenvalue weighted by Crippen LogP contribution is 2.15. The number of hydrogen-bond donors (Lipinski definition) is 1. The van der Waals surface area contributed by atoms with Crippen molar-refractivity contribution in [2.45, 2.75) is 20.0 Å². The van der Waals surface area contributed by atoms with Gasteiger partial charge >= 0.3 is 0 Å². The third-order valence-corrected chi connectivity index (χ3v) is 3.72. The number of benzene rings is 2. The molecule has 5 nitrogen and oxygen atoms in total. The van der Waals surface area contributed by atoms with Gasteiger partial charge in [-0.25, -0.2) is 5.48 Å². The summed E-state index contributed by atoms with van der Waals surface area (Å²) in [5.41, 5.74) is 4.54. The van der Waals surface area contributed by atoms with E-state index in [1.807, 2.05) is 55.5 Å². The van der Waals surface area contributed by atoms with Gasteiger partial charge in [0.1, 0.15) is 11.5 Å². The molecule has 0 aliphatic carbocycles. The summed E-state index contributed by atoms with van der Waals surface area (Å²) in [5.74, 6) is 1.27. The number of carbonyl (C=O) groups excluding carboxylic acids is 1. The Kier molecular flexibility index (Phi) is 6.63. The van der Waals surface area contributed by atoms with Crippen molar-refractivity contribution in [3.05, 3.63) is 59.7 Å². The molecule has 1 unspecified atom stereocenters.